The second-order valence-corrected chi connectivity index (χ2v) is 6.59. The summed E-state index contributed by atoms with van der Waals surface area (Å²) in [5, 5.41) is 0. The van der Waals surface area contributed by atoms with Crippen LogP contribution in [-0.2, 0) is 18.3 Å². The third-order valence-electron chi connectivity index (χ3n) is 4.03. The van der Waals surface area contributed by atoms with Crippen molar-refractivity contribution >= 4 is 11.6 Å². The number of allylic oxidation sites excluding steroid dienone is 1. The van der Waals surface area contributed by atoms with E-state index in [0.29, 0.717) is 0 Å². The summed E-state index contributed by atoms with van der Waals surface area (Å²) in [6.07, 6.45) is 4.25. The molecule has 20 heavy (non-hydrogen) atoms. The van der Waals surface area contributed by atoms with Crippen molar-refractivity contribution in [3.63, 3.8) is 0 Å². The lowest BCUT2D eigenvalue weighted by atomic mass is 9.83. The third kappa shape index (κ3) is 2.22. The molecule has 1 aromatic heterocycles. The molecule has 1 aromatic carbocycles. The van der Waals surface area contributed by atoms with E-state index >= 15 is 0 Å². The van der Waals surface area contributed by atoms with Crippen LogP contribution in [0.4, 0.5) is 0 Å². The van der Waals surface area contributed by atoms with Crippen LogP contribution in [0.2, 0.25) is 0 Å². The number of hydrogen-bond donors (Lipinski definition) is 0. The number of fused-ring (bicyclic) bond motifs is 1. The minimum Gasteiger partial charge on any atom is -0.461 e. The fourth-order valence-electron chi connectivity index (χ4n) is 2.92. The maximum atomic E-state index is 5.91. The first kappa shape index (κ1) is 13.2. The van der Waals surface area contributed by atoms with E-state index in [-0.39, 0.29) is 5.41 Å². The van der Waals surface area contributed by atoms with E-state index in [1.807, 2.05) is 0 Å². The highest BCUT2D eigenvalue weighted by atomic mass is 16.3. The molecule has 0 atom stereocenters. The summed E-state index contributed by atoms with van der Waals surface area (Å²) < 4.78 is 5.91. The van der Waals surface area contributed by atoms with Crippen molar-refractivity contribution in [2.24, 2.45) is 0 Å². The number of benzene rings is 1. The fraction of sp³-hybridized carbons (Fsp3) is 0.368. The Kier molecular flexibility index (Phi) is 3.08. The lowest BCUT2D eigenvalue weighted by molar-refractivity contribution is 0.503. The van der Waals surface area contributed by atoms with Gasteiger partial charge >= 0.3 is 0 Å². The van der Waals surface area contributed by atoms with Gasteiger partial charge in [-0.1, -0.05) is 45.9 Å². The van der Waals surface area contributed by atoms with Gasteiger partial charge in [0.1, 0.15) is 11.5 Å². The van der Waals surface area contributed by atoms with Gasteiger partial charge in [-0.2, -0.15) is 0 Å². The second kappa shape index (κ2) is 4.66. The minimum atomic E-state index is 0.176. The van der Waals surface area contributed by atoms with Gasteiger partial charge in [-0.15, -0.1) is 0 Å². The molecule has 0 aliphatic heterocycles. The lowest BCUT2D eigenvalue weighted by Crippen LogP contribution is -2.13. The summed E-state index contributed by atoms with van der Waals surface area (Å²) in [6.45, 7) is 8.95. The molecular formula is C19H22O. The maximum Gasteiger partial charge on any atom is 0.130 e. The Morgan fingerprint density at radius 1 is 1.10 bits per heavy atom. The summed E-state index contributed by atoms with van der Waals surface area (Å²) in [5.41, 5.74) is 5.71. The van der Waals surface area contributed by atoms with Crippen molar-refractivity contribution in [2.75, 3.05) is 0 Å². The highest BCUT2D eigenvalue weighted by Crippen LogP contribution is 2.38. The van der Waals surface area contributed by atoms with Crippen LogP contribution in [-0.4, -0.2) is 0 Å². The highest BCUT2D eigenvalue weighted by molar-refractivity contribution is 5.88. The Balaban J connectivity index is 2.03. The van der Waals surface area contributed by atoms with Crippen molar-refractivity contribution in [3.8, 4) is 0 Å². The largest absolute Gasteiger partial charge is 0.461 e. The number of furan rings is 1. The SMILES string of the molecule is CCc1ccc(C2=Cc3c(cccc3C(C)(C)C)C2)o1. The fourth-order valence-corrected chi connectivity index (χ4v) is 2.92. The van der Waals surface area contributed by atoms with E-state index < -0.39 is 0 Å². The maximum absolute atomic E-state index is 5.91. The molecule has 0 fully saturated rings. The lowest BCUT2D eigenvalue weighted by Gasteiger charge is -2.22. The van der Waals surface area contributed by atoms with E-state index in [1.165, 1.54) is 22.3 Å². The Morgan fingerprint density at radius 3 is 2.55 bits per heavy atom. The van der Waals surface area contributed by atoms with Gasteiger partial charge < -0.3 is 4.42 Å². The quantitative estimate of drug-likeness (QED) is 0.724. The summed E-state index contributed by atoms with van der Waals surface area (Å²) in [4.78, 5) is 0. The molecule has 0 bridgehead atoms. The average molecular weight is 266 g/mol. The van der Waals surface area contributed by atoms with Gasteiger partial charge in [0.05, 0.1) is 0 Å². The molecule has 0 amide bonds. The van der Waals surface area contributed by atoms with Crippen molar-refractivity contribution < 1.29 is 4.42 Å². The summed E-state index contributed by atoms with van der Waals surface area (Å²) >= 11 is 0. The van der Waals surface area contributed by atoms with Gasteiger partial charge in [-0.25, -0.2) is 0 Å². The van der Waals surface area contributed by atoms with Crippen LogP contribution in [0.25, 0.3) is 11.6 Å². The van der Waals surface area contributed by atoms with Crippen LogP contribution in [0.1, 0.15) is 55.9 Å². The molecular weight excluding hydrogens is 244 g/mol. The van der Waals surface area contributed by atoms with Gasteiger partial charge in [0.2, 0.25) is 0 Å². The summed E-state index contributed by atoms with van der Waals surface area (Å²) in [5.74, 6) is 2.09. The van der Waals surface area contributed by atoms with Gasteiger partial charge in [-0.05, 0) is 45.9 Å². The number of rotatable bonds is 2. The Bertz CT molecular complexity index is 665. The van der Waals surface area contributed by atoms with E-state index in [2.05, 4.69) is 64.1 Å². The third-order valence-corrected chi connectivity index (χ3v) is 4.03. The van der Waals surface area contributed by atoms with E-state index in [4.69, 9.17) is 4.42 Å². The predicted molar refractivity (Wildman–Crippen MR) is 84.8 cm³/mol. The van der Waals surface area contributed by atoms with Gasteiger partial charge in [0.15, 0.2) is 0 Å². The smallest absolute Gasteiger partial charge is 0.130 e. The topological polar surface area (TPSA) is 13.1 Å². The molecule has 0 saturated heterocycles. The standard InChI is InChI=1S/C19H22O/c1-5-15-9-10-18(20-15)14-11-13-7-6-8-17(16(13)12-14)19(2,3)4/h6-10,12H,5,11H2,1-4H3. The summed E-state index contributed by atoms with van der Waals surface area (Å²) in [7, 11) is 0. The van der Waals surface area contributed by atoms with Crippen molar-refractivity contribution in [1.29, 1.82) is 0 Å². The number of hydrogen-bond acceptors (Lipinski definition) is 1. The predicted octanol–water partition coefficient (Wildman–Crippen LogP) is 5.24. The molecule has 1 heteroatoms. The van der Waals surface area contributed by atoms with Crippen LogP contribution in [0.15, 0.2) is 34.7 Å². The molecule has 0 N–H and O–H groups in total. The first-order valence-electron chi connectivity index (χ1n) is 7.41. The molecule has 104 valence electrons. The van der Waals surface area contributed by atoms with Crippen LogP contribution < -0.4 is 0 Å². The van der Waals surface area contributed by atoms with Crippen LogP contribution in [0.5, 0.6) is 0 Å². The highest BCUT2D eigenvalue weighted by Gasteiger charge is 2.24. The Morgan fingerprint density at radius 2 is 1.90 bits per heavy atom. The number of aryl methyl sites for hydroxylation is 1. The molecule has 0 spiro atoms. The van der Waals surface area contributed by atoms with E-state index in [1.54, 1.807) is 0 Å². The monoisotopic (exact) mass is 266 g/mol. The van der Waals surface area contributed by atoms with Gasteiger partial charge in [-0.3, -0.25) is 0 Å². The van der Waals surface area contributed by atoms with Gasteiger partial charge in [0.25, 0.3) is 0 Å². The molecule has 3 rings (SSSR count). The molecule has 0 saturated carbocycles. The van der Waals surface area contributed by atoms with Crippen LogP contribution in [0, 0.1) is 0 Å². The van der Waals surface area contributed by atoms with Crippen molar-refractivity contribution in [3.05, 3.63) is 58.5 Å². The van der Waals surface area contributed by atoms with Crippen molar-refractivity contribution in [2.45, 2.75) is 46.0 Å². The van der Waals surface area contributed by atoms with Crippen LogP contribution in [0.3, 0.4) is 0 Å². The second-order valence-electron chi connectivity index (χ2n) is 6.59. The normalized spacial score (nSPS) is 14.3. The molecule has 1 heterocycles. The summed E-state index contributed by atoms with van der Waals surface area (Å²) in [6, 6.07) is 10.8. The van der Waals surface area contributed by atoms with Crippen LogP contribution >= 0.6 is 0 Å². The molecule has 1 aliphatic carbocycles. The average Bonchev–Trinajstić information content (AvgIpc) is 3.02. The Labute approximate surface area is 121 Å². The van der Waals surface area contributed by atoms with E-state index in [0.717, 1.165) is 24.4 Å². The molecule has 1 aliphatic rings. The first-order chi connectivity index (χ1) is 9.49. The molecule has 2 aromatic rings. The van der Waals surface area contributed by atoms with Gasteiger partial charge in [0, 0.05) is 12.8 Å². The zero-order valence-corrected chi connectivity index (χ0v) is 12.8. The Hall–Kier alpha value is -1.76. The van der Waals surface area contributed by atoms with E-state index in [9.17, 15) is 0 Å². The zero-order chi connectivity index (χ0) is 14.3. The first-order valence-corrected chi connectivity index (χ1v) is 7.41. The zero-order valence-electron chi connectivity index (χ0n) is 12.8. The molecule has 0 radical (unpaired) electrons. The minimum absolute atomic E-state index is 0.176. The molecule has 0 unspecified atom stereocenters. The van der Waals surface area contributed by atoms with Crippen molar-refractivity contribution in [1.82, 2.24) is 0 Å². The molecule has 1 nitrogen and oxygen atoms in total.